The van der Waals surface area contributed by atoms with Gasteiger partial charge in [-0.15, -0.1) is 0 Å². The highest BCUT2D eigenvalue weighted by molar-refractivity contribution is 5.97. The predicted octanol–water partition coefficient (Wildman–Crippen LogP) is 2.82. The minimum absolute atomic E-state index is 0.228. The monoisotopic (exact) mass is 337 g/mol. The number of aliphatic hydroxyl groups is 1. The van der Waals surface area contributed by atoms with Crippen LogP contribution in [-0.2, 0) is 6.42 Å². The molecule has 1 amide bonds. The van der Waals surface area contributed by atoms with Crippen molar-refractivity contribution in [3.63, 3.8) is 0 Å². The summed E-state index contributed by atoms with van der Waals surface area (Å²) in [6, 6.07) is 9.31. The molecule has 4 nitrogen and oxygen atoms in total. The minimum Gasteiger partial charge on any atom is -0.434 e. The van der Waals surface area contributed by atoms with E-state index in [1.165, 1.54) is 0 Å². The number of hydrogen-bond donors (Lipinski definition) is 2. The van der Waals surface area contributed by atoms with Crippen molar-refractivity contribution in [3.8, 4) is 5.75 Å². The molecule has 3 rings (SSSR count). The first-order chi connectivity index (χ1) is 11.5. The average molecular weight is 337 g/mol. The van der Waals surface area contributed by atoms with Crippen LogP contribution in [0, 0.1) is 5.82 Å². The molecule has 0 heterocycles. The third-order valence-electron chi connectivity index (χ3n) is 3.89. The van der Waals surface area contributed by atoms with Crippen LogP contribution in [-0.4, -0.2) is 23.7 Å². The third kappa shape index (κ3) is 3.21. The minimum atomic E-state index is -3.18. The van der Waals surface area contributed by atoms with E-state index in [0.29, 0.717) is 6.42 Å². The molecule has 1 aliphatic rings. The van der Waals surface area contributed by atoms with Gasteiger partial charge in [-0.3, -0.25) is 4.79 Å². The summed E-state index contributed by atoms with van der Waals surface area (Å²) in [6.45, 7) is -3.18. The molecule has 126 valence electrons. The van der Waals surface area contributed by atoms with Gasteiger partial charge in [0.05, 0.1) is 17.7 Å². The molecule has 0 fully saturated rings. The van der Waals surface area contributed by atoms with Crippen molar-refractivity contribution in [2.45, 2.75) is 25.2 Å². The molecular weight excluding hydrogens is 323 g/mol. The highest BCUT2D eigenvalue weighted by Crippen LogP contribution is 2.32. The summed E-state index contributed by atoms with van der Waals surface area (Å²) in [4.78, 5) is 12.4. The largest absolute Gasteiger partial charge is 0.434 e. The number of fused-ring (bicyclic) bond motifs is 1. The molecule has 0 bridgehead atoms. The maximum absolute atomic E-state index is 13.2. The number of nitrogens with one attached hydrogen (secondary N) is 1. The normalized spacial score (nSPS) is 19.2. The Balaban J connectivity index is 1.86. The van der Waals surface area contributed by atoms with Crippen LogP contribution >= 0.6 is 0 Å². The SMILES string of the molecule is O=C(NC1c2ccccc2CC1O)c1ccc(F)cc1OC(F)F. The zero-order valence-electron chi connectivity index (χ0n) is 12.4. The molecule has 2 N–H and O–H groups in total. The Hall–Kier alpha value is -2.54. The molecule has 0 radical (unpaired) electrons. The molecule has 2 unspecified atom stereocenters. The van der Waals surface area contributed by atoms with Crippen molar-refractivity contribution >= 4 is 5.91 Å². The quantitative estimate of drug-likeness (QED) is 0.902. The summed E-state index contributed by atoms with van der Waals surface area (Å²) in [7, 11) is 0. The van der Waals surface area contributed by atoms with Gasteiger partial charge in [0.25, 0.3) is 5.91 Å². The van der Waals surface area contributed by atoms with E-state index in [9.17, 15) is 23.1 Å². The molecule has 7 heteroatoms. The van der Waals surface area contributed by atoms with Crippen LogP contribution in [0.25, 0.3) is 0 Å². The van der Waals surface area contributed by atoms with Crippen LogP contribution in [0.15, 0.2) is 42.5 Å². The van der Waals surface area contributed by atoms with Crippen LogP contribution in [0.1, 0.15) is 27.5 Å². The van der Waals surface area contributed by atoms with Crippen molar-refractivity contribution in [2.75, 3.05) is 0 Å². The lowest BCUT2D eigenvalue weighted by Gasteiger charge is -2.19. The van der Waals surface area contributed by atoms with E-state index in [1.807, 2.05) is 12.1 Å². The van der Waals surface area contributed by atoms with E-state index in [4.69, 9.17) is 0 Å². The third-order valence-corrected chi connectivity index (χ3v) is 3.89. The second kappa shape index (κ2) is 6.52. The van der Waals surface area contributed by atoms with Crippen molar-refractivity contribution < 1.29 is 27.8 Å². The molecule has 0 aromatic heterocycles. The van der Waals surface area contributed by atoms with E-state index < -0.39 is 36.2 Å². The Bertz CT molecular complexity index is 766. The summed E-state index contributed by atoms with van der Waals surface area (Å²) in [5, 5.41) is 12.7. The van der Waals surface area contributed by atoms with Crippen LogP contribution in [0.4, 0.5) is 13.2 Å². The fourth-order valence-corrected chi connectivity index (χ4v) is 2.84. The number of aliphatic hydroxyl groups excluding tert-OH is 1. The number of ether oxygens (including phenoxy) is 1. The molecule has 0 aliphatic heterocycles. The molecule has 0 spiro atoms. The predicted molar refractivity (Wildman–Crippen MR) is 79.4 cm³/mol. The summed E-state index contributed by atoms with van der Waals surface area (Å²) in [5.41, 5.74) is 1.43. The fraction of sp³-hybridized carbons (Fsp3) is 0.235. The number of hydrogen-bond acceptors (Lipinski definition) is 3. The first-order valence-corrected chi connectivity index (χ1v) is 7.27. The Morgan fingerprint density at radius 1 is 1.25 bits per heavy atom. The van der Waals surface area contributed by atoms with Crippen LogP contribution in [0.2, 0.25) is 0 Å². The summed E-state index contributed by atoms with van der Waals surface area (Å²) in [5.74, 6) is -2.08. The summed E-state index contributed by atoms with van der Waals surface area (Å²) in [6.07, 6.45) is -0.448. The molecule has 0 saturated heterocycles. The van der Waals surface area contributed by atoms with Crippen LogP contribution in [0.5, 0.6) is 5.75 Å². The van der Waals surface area contributed by atoms with Gasteiger partial charge in [-0.2, -0.15) is 8.78 Å². The van der Waals surface area contributed by atoms with Crippen LogP contribution in [0.3, 0.4) is 0 Å². The van der Waals surface area contributed by atoms with Gasteiger partial charge in [-0.1, -0.05) is 24.3 Å². The van der Waals surface area contributed by atoms with Crippen molar-refractivity contribution in [3.05, 3.63) is 65.0 Å². The molecule has 1 aliphatic carbocycles. The van der Waals surface area contributed by atoms with Crippen molar-refractivity contribution in [2.24, 2.45) is 0 Å². The number of halogens is 3. The van der Waals surface area contributed by atoms with Crippen molar-refractivity contribution in [1.29, 1.82) is 0 Å². The lowest BCUT2D eigenvalue weighted by molar-refractivity contribution is -0.0503. The summed E-state index contributed by atoms with van der Waals surface area (Å²) >= 11 is 0. The van der Waals surface area contributed by atoms with E-state index in [-0.39, 0.29) is 5.56 Å². The first-order valence-electron chi connectivity index (χ1n) is 7.27. The first kappa shape index (κ1) is 16.3. The fourth-order valence-electron chi connectivity index (χ4n) is 2.84. The number of carbonyl (C=O) groups excluding carboxylic acids is 1. The van der Waals surface area contributed by atoms with E-state index in [0.717, 1.165) is 29.3 Å². The number of amides is 1. The van der Waals surface area contributed by atoms with E-state index in [1.54, 1.807) is 12.1 Å². The van der Waals surface area contributed by atoms with Gasteiger partial charge in [-0.05, 0) is 23.3 Å². The second-order valence-corrected chi connectivity index (χ2v) is 5.44. The van der Waals surface area contributed by atoms with Gasteiger partial charge in [0.1, 0.15) is 11.6 Å². The van der Waals surface area contributed by atoms with E-state index in [2.05, 4.69) is 10.1 Å². The maximum Gasteiger partial charge on any atom is 0.387 e. The molecule has 24 heavy (non-hydrogen) atoms. The lowest BCUT2D eigenvalue weighted by atomic mass is 10.1. The van der Waals surface area contributed by atoms with Gasteiger partial charge in [-0.25, -0.2) is 4.39 Å². The van der Waals surface area contributed by atoms with Gasteiger partial charge < -0.3 is 15.2 Å². The Morgan fingerprint density at radius 2 is 2.00 bits per heavy atom. The topological polar surface area (TPSA) is 58.6 Å². The van der Waals surface area contributed by atoms with Gasteiger partial charge >= 0.3 is 6.61 Å². The van der Waals surface area contributed by atoms with Crippen molar-refractivity contribution in [1.82, 2.24) is 5.32 Å². The zero-order chi connectivity index (χ0) is 17.3. The smallest absolute Gasteiger partial charge is 0.387 e. The molecule has 2 aromatic rings. The second-order valence-electron chi connectivity index (χ2n) is 5.44. The molecule has 2 aromatic carbocycles. The van der Waals surface area contributed by atoms with Gasteiger partial charge in [0.2, 0.25) is 0 Å². The number of alkyl halides is 2. The van der Waals surface area contributed by atoms with Crippen LogP contribution < -0.4 is 10.1 Å². The standard InChI is InChI=1S/C17H14F3NO3/c18-10-5-6-12(14(8-10)24-17(19)20)16(23)21-15-11-4-2-1-3-9(11)7-13(15)22/h1-6,8,13,15,17,22H,7H2,(H,21,23). The highest BCUT2D eigenvalue weighted by atomic mass is 19.3. The lowest BCUT2D eigenvalue weighted by Crippen LogP contribution is -2.34. The average Bonchev–Trinajstić information content (AvgIpc) is 2.83. The molecule has 0 saturated carbocycles. The zero-order valence-corrected chi connectivity index (χ0v) is 12.4. The Morgan fingerprint density at radius 3 is 2.75 bits per heavy atom. The molecule has 2 atom stereocenters. The number of carbonyl (C=O) groups is 1. The number of rotatable bonds is 4. The van der Waals surface area contributed by atoms with Gasteiger partial charge in [0.15, 0.2) is 0 Å². The summed E-state index contributed by atoms with van der Waals surface area (Å²) < 4.78 is 42.3. The van der Waals surface area contributed by atoms with E-state index >= 15 is 0 Å². The number of benzene rings is 2. The Labute approximate surface area is 135 Å². The Kier molecular flexibility index (Phi) is 4.44. The molecular formula is C17H14F3NO3. The maximum atomic E-state index is 13.2. The highest BCUT2D eigenvalue weighted by Gasteiger charge is 2.32. The van der Waals surface area contributed by atoms with Gasteiger partial charge in [0, 0.05) is 12.5 Å².